The van der Waals surface area contributed by atoms with Crippen LogP contribution in [0, 0.1) is 11.8 Å². The quantitative estimate of drug-likeness (QED) is 0.647. The maximum atomic E-state index is 12.6. The standard InChI is InChI=1S/C24H27NO5/c1-14(2)20-12-24(20,21(26)11-22(27)28)25-23(29)30-13-19-17-9-5-3-7-15(17)16-8-4-6-10-18(16)19/h3-10,14,19-21,26H,11-13H2,1-2H3,(H,25,29)(H,27,28)/t20-,21-,24?/m0/s1. The maximum Gasteiger partial charge on any atom is 0.407 e. The second-order valence-electron chi connectivity index (χ2n) is 8.66. The number of carbonyl (C=O) groups is 2. The third kappa shape index (κ3) is 3.56. The van der Waals surface area contributed by atoms with Crippen LogP contribution in [-0.2, 0) is 9.53 Å². The Balaban J connectivity index is 1.47. The van der Waals surface area contributed by atoms with Crippen molar-refractivity contribution in [1.29, 1.82) is 0 Å². The first kappa shape index (κ1) is 20.4. The van der Waals surface area contributed by atoms with Gasteiger partial charge < -0.3 is 20.3 Å². The van der Waals surface area contributed by atoms with Gasteiger partial charge >= 0.3 is 12.1 Å². The Morgan fingerprint density at radius 3 is 2.17 bits per heavy atom. The fourth-order valence-corrected chi connectivity index (χ4v) is 4.92. The molecule has 1 amide bonds. The lowest BCUT2D eigenvalue weighted by Crippen LogP contribution is -2.49. The van der Waals surface area contributed by atoms with Crippen molar-refractivity contribution in [3.05, 3.63) is 59.7 Å². The van der Waals surface area contributed by atoms with Gasteiger partial charge in [0, 0.05) is 5.92 Å². The molecular weight excluding hydrogens is 382 g/mol. The van der Waals surface area contributed by atoms with Crippen LogP contribution in [0.2, 0.25) is 0 Å². The fourth-order valence-electron chi connectivity index (χ4n) is 4.92. The van der Waals surface area contributed by atoms with E-state index in [1.165, 1.54) is 0 Å². The van der Waals surface area contributed by atoms with E-state index in [2.05, 4.69) is 29.6 Å². The van der Waals surface area contributed by atoms with E-state index >= 15 is 0 Å². The van der Waals surface area contributed by atoms with Crippen molar-refractivity contribution >= 4 is 12.1 Å². The lowest BCUT2D eigenvalue weighted by molar-refractivity contribution is -0.139. The zero-order valence-electron chi connectivity index (χ0n) is 17.2. The Kier molecular flexibility index (Phi) is 5.28. The third-order valence-electron chi connectivity index (χ3n) is 6.51. The van der Waals surface area contributed by atoms with E-state index in [1.54, 1.807) is 0 Å². The number of rotatable bonds is 7. The highest BCUT2D eigenvalue weighted by Gasteiger charge is 2.61. The van der Waals surface area contributed by atoms with Crippen LogP contribution >= 0.6 is 0 Å². The van der Waals surface area contributed by atoms with E-state index < -0.39 is 30.1 Å². The normalized spacial score (nSPS) is 22.9. The molecule has 2 aliphatic rings. The zero-order chi connectivity index (χ0) is 21.5. The van der Waals surface area contributed by atoms with Crippen LogP contribution in [0.4, 0.5) is 4.79 Å². The first-order chi connectivity index (χ1) is 14.3. The predicted octanol–water partition coefficient (Wildman–Crippen LogP) is 3.78. The van der Waals surface area contributed by atoms with E-state index in [-0.39, 0.29) is 24.4 Å². The number of carboxylic acid groups (broad SMARTS) is 1. The van der Waals surface area contributed by atoms with Gasteiger partial charge in [-0.2, -0.15) is 0 Å². The average molecular weight is 409 g/mol. The number of hydrogen-bond acceptors (Lipinski definition) is 4. The molecule has 1 fully saturated rings. The Hall–Kier alpha value is -2.86. The molecule has 0 bridgehead atoms. The van der Waals surface area contributed by atoms with Gasteiger partial charge in [-0.05, 0) is 40.5 Å². The number of aliphatic hydroxyl groups is 1. The van der Waals surface area contributed by atoms with Crippen LogP contribution in [0.15, 0.2) is 48.5 Å². The van der Waals surface area contributed by atoms with Crippen molar-refractivity contribution in [1.82, 2.24) is 5.32 Å². The molecule has 2 aromatic rings. The lowest BCUT2D eigenvalue weighted by Gasteiger charge is -2.26. The van der Waals surface area contributed by atoms with Crippen LogP contribution in [0.1, 0.15) is 43.7 Å². The minimum atomic E-state index is -1.15. The van der Waals surface area contributed by atoms with Crippen LogP contribution in [0.5, 0.6) is 0 Å². The van der Waals surface area contributed by atoms with Crippen LogP contribution in [-0.4, -0.2) is 40.5 Å². The Bertz CT molecular complexity index is 926. The Morgan fingerprint density at radius 1 is 1.10 bits per heavy atom. The first-order valence-corrected chi connectivity index (χ1v) is 10.4. The van der Waals surface area contributed by atoms with Gasteiger partial charge in [0.05, 0.1) is 18.1 Å². The number of carboxylic acids is 1. The minimum absolute atomic E-state index is 0.0207. The monoisotopic (exact) mass is 409 g/mol. The Labute approximate surface area is 175 Å². The molecule has 4 rings (SSSR count). The van der Waals surface area contributed by atoms with Gasteiger partial charge in [-0.15, -0.1) is 0 Å². The molecular formula is C24H27NO5. The Morgan fingerprint density at radius 2 is 1.67 bits per heavy atom. The van der Waals surface area contributed by atoms with Crippen molar-refractivity contribution in [2.75, 3.05) is 6.61 Å². The van der Waals surface area contributed by atoms with Gasteiger partial charge in [0.15, 0.2) is 0 Å². The summed E-state index contributed by atoms with van der Waals surface area (Å²) in [5, 5.41) is 22.3. The summed E-state index contributed by atoms with van der Waals surface area (Å²) in [6.07, 6.45) is -1.64. The predicted molar refractivity (Wildman–Crippen MR) is 112 cm³/mol. The number of benzene rings is 2. The number of amides is 1. The molecule has 0 aromatic heterocycles. The number of alkyl carbamates (subject to hydrolysis) is 1. The van der Waals surface area contributed by atoms with Gasteiger partial charge in [-0.3, -0.25) is 4.79 Å². The summed E-state index contributed by atoms with van der Waals surface area (Å²) in [6.45, 7) is 4.18. The van der Waals surface area contributed by atoms with E-state index in [0.717, 1.165) is 22.3 Å². The molecule has 0 saturated heterocycles. The highest BCUT2D eigenvalue weighted by molar-refractivity contribution is 5.79. The molecule has 1 saturated carbocycles. The van der Waals surface area contributed by atoms with Crippen molar-refractivity contribution in [3.8, 4) is 11.1 Å². The smallest absolute Gasteiger partial charge is 0.407 e. The highest BCUT2D eigenvalue weighted by atomic mass is 16.5. The van der Waals surface area contributed by atoms with Gasteiger partial charge in [0.1, 0.15) is 6.61 Å². The number of nitrogens with one attached hydrogen (secondary N) is 1. The molecule has 158 valence electrons. The molecule has 0 spiro atoms. The van der Waals surface area contributed by atoms with E-state index in [9.17, 15) is 14.7 Å². The minimum Gasteiger partial charge on any atom is -0.481 e. The summed E-state index contributed by atoms with van der Waals surface area (Å²) >= 11 is 0. The SMILES string of the molecule is CC(C)[C@@H]1CC1(NC(=O)OCC1c2ccccc2-c2ccccc21)[C@@H](O)CC(=O)O. The topological polar surface area (TPSA) is 95.9 Å². The number of aliphatic carboxylic acids is 1. The number of ether oxygens (including phenoxy) is 1. The number of hydrogen-bond donors (Lipinski definition) is 3. The molecule has 6 heteroatoms. The second kappa shape index (κ2) is 7.76. The van der Waals surface area contributed by atoms with Crippen LogP contribution < -0.4 is 5.32 Å². The van der Waals surface area contributed by atoms with E-state index in [0.29, 0.717) is 6.42 Å². The molecule has 6 nitrogen and oxygen atoms in total. The number of carbonyl (C=O) groups excluding carboxylic acids is 1. The van der Waals surface area contributed by atoms with Crippen molar-refractivity contribution < 1.29 is 24.5 Å². The number of fused-ring (bicyclic) bond motifs is 3. The summed E-state index contributed by atoms with van der Waals surface area (Å²) in [7, 11) is 0. The van der Waals surface area contributed by atoms with Crippen LogP contribution in [0.3, 0.4) is 0 Å². The highest BCUT2D eigenvalue weighted by Crippen LogP contribution is 2.51. The summed E-state index contributed by atoms with van der Waals surface area (Å²) in [5.74, 6) is -0.913. The van der Waals surface area contributed by atoms with E-state index in [1.807, 2.05) is 38.1 Å². The van der Waals surface area contributed by atoms with Gasteiger partial charge in [-0.1, -0.05) is 62.4 Å². The van der Waals surface area contributed by atoms with Gasteiger partial charge in [0.25, 0.3) is 0 Å². The summed E-state index contributed by atoms with van der Waals surface area (Å²) < 4.78 is 5.59. The van der Waals surface area contributed by atoms with E-state index in [4.69, 9.17) is 9.84 Å². The summed E-state index contributed by atoms with van der Waals surface area (Å²) in [6, 6.07) is 16.2. The molecule has 3 N–H and O–H groups in total. The van der Waals surface area contributed by atoms with Crippen molar-refractivity contribution in [2.45, 2.75) is 44.2 Å². The summed E-state index contributed by atoms with van der Waals surface area (Å²) in [5.41, 5.74) is 3.61. The molecule has 2 aromatic carbocycles. The maximum absolute atomic E-state index is 12.6. The first-order valence-electron chi connectivity index (χ1n) is 10.4. The third-order valence-corrected chi connectivity index (χ3v) is 6.51. The fraction of sp³-hybridized carbons (Fsp3) is 0.417. The van der Waals surface area contributed by atoms with Gasteiger partial charge in [-0.25, -0.2) is 4.79 Å². The molecule has 0 radical (unpaired) electrons. The lowest BCUT2D eigenvalue weighted by atomic mass is 9.97. The largest absolute Gasteiger partial charge is 0.481 e. The van der Waals surface area contributed by atoms with Crippen LogP contribution in [0.25, 0.3) is 11.1 Å². The zero-order valence-corrected chi connectivity index (χ0v) is 17.2. The number of aliphatic hydroxyl groups excluding tert-OH is 1. The molecule has 1 unspecified atom stereocenters. The molecule has 3 atom stereocenters. The van der Waals surface area contributed by atoms with Gasteiger partial charge in [0.2, 0.25) is 0 Å². The average Bonchev–Trinajstić information content (AvgIpc) is 3.36. The molecule has 0 aliphatic heterocycles. The molecule has 2 aliphatic carbocycles. The molecule has 0 heterocycles. The summed E-state index contributed by atoms with van der Waals surface area (Å²) in [4.78, 5) is 23.7. The second-order valence-corrected chi connectivity index (χ2v) is 8.66. The molecule has 30 heavy (non-hydrogen) atoms. The van der Waals surface area contributed by atoms with Crippen molar-refractivity contribution in [3.63, 3.8) is 0 Å². The van der Waals surface area contributed by atoms with Crippen molar-refractivity contribution in [2.24, 2.45) is 11.8 Å².